The SMILES string of the molecule is c1ccc(N(c2ccccc2)c2cc3c4c(c2)-n2c5cc6c7cccc8c7n(c6cc5c5cccc(c52)B4c2ccccc2O3)-c2cc(N(c3ccccc3)c3ccccc3)cc3c2B8c2ccccc2O3)cc1. The molecule has 74 heavy (non-hydrogen) atoms. The average molecular weight is 943 g/mol. The number of aromatic nitrogens is 2. The fraction of sp³-hybridized carbons (Fsp3) is 0. The number of fused-ring (bicyclic) bond motifs is 14. The minimum Gasteiger partial charge on any atom is -0.458 e. The summed E-state index contributed by atoms with van der Waals surface area (Å²) in [7, 11) is 0. The molecule has 0 bridgehead atoms. The first-order chi connectivity index (χ1) is 36.7. The van der Waals surface area contributed by atoms with Crippen LogP contribution in [0.3, 0.4) is 0 Å². The van der Waals surface area contributed by atoms with E-state index in [9.17, 15) is 0 Å². The lowest BCUT2D eigenvalue weighted by Gasteiger charge is -2.35. The Kier molecular flexibility index (Phi) is 8.08. The molecule has 0 aliphatic carbocycles. The van der Waals surface area contributed by atoms with Crippen molar-refractivity contribution >= 4 is 124 Å². The molecule has 342 valence electrons. The molecule has 17 rings (SSSR count). The van der Waals surface area contributed by atoms with E-state index in [-0.39, 0.29) is 13.4 Å². The maximum atomic E-state index is 7.07. The fourth-order valence-corrected chi connectivity index (χ4v) is 13.2. The van der Waals surface area contributed by atoms with E-state index < -0.39 is 0 Å². The molecule has 6 heterocycles. The maximum absolute atomic E-state index is 7.07. The second-order valence-electron chi connectivity index (χ2n) is 20.0. The lowest BCUT2D eigenvalue weighted by Crippen LogP contribution is -2.58. The van der Waals surface area contributed by atoms with Crippen LogP contribution in [0.5, 0.6) is 23.0 Å². The van der Waals surface area contributed by atoms with Crippen LogP contribution in [0.2, 0.25) is 0 Å². The highest BCUT2D eigenvalue weighted by atomic mass is 16.5. The maximum Gasteiger partial charge on any atom is 0.256 e. The molecule has 0 unspecified atom stereocenters. The van der Waals surface area contributed by atoms with E-state index in [0.717, 1.165) is 79.5 Å². The fourth-order valence-electron chi connectivity index (χ4n) is 13.2. The minimum absolute atomic E-state index is 0.0233. The van der Waals surface area contributed by atoms with Gasteiger partial charge in [0.25, 0.3) is 13.4 Å². The zero-order chi connectivity index (χ0) is 48.2. The third kappa shape index (κ3) is 5.41. The van der Waals surface area contributed by atoms with Crippen molar-refractivity contribution in [2.75, 3.05) is 9.80 Å². The molecule has 0 N–H and O–H groups in total. The molecule has 11 aromatic carbocycles. The zero-order valence-corrected chi connectivity index (χ0v) is 39.9. The highest BCUT2D eigenvalue weighted by molar-refractivity contribution is 7.00. The number of benzene rings is 11. The standard InChI is InChI=1S/C66H40B2N4O2/c1-5-19-41(20-6-1)69(42-21-7-2-8-22-42)45-35-57-63-61(37-45)73-59-33-15-13-29-51(59)67(63)53-31-17-27-47-49-40-56-50(39-55(49)71(57)65(47)53)48-28-18-32-54-66(48)72(56)58-36-46(38-62-64(58)68(54)52-30-14-16-34-60(52)74-62)70(43-23-9-3-10-24-43)44-25-11-4-12-26-44/h1-40H. The van der Waals surface area contributed by atoms with Gasteiger partial charge < -0.3 is 28.4 Å². The Balaban J connectivity index is 0.977. The predicted octanol–water partition coefficient (Wildman–Crippen LogP) is 12.7. The average Bonchev–Trinajstić information content (AvgIpc) is 4.01. The Morgan fingerprint density at radius 1 is 0.284 bits per heavy atom. The second kappa shape index (κ2) is 14.9. The van der Waals surface area contributed by atoms with Crippen LogP contribution < -0.4 is 52.1 Å². The largest absolute Gasteiger partial charge is 0.458 e. The molecule has 13 aromatic rings. The minimum atomic E-state index is -0.0233. The van der Waals surface area contributed by atoms with Gasteiger partial charge in [0.1, 0.15) is 23.0 Å². The van der Waals surface area contributed by atoms with Crippen molar-refractivity contribution < 1.29 is 9.47 Å². The lowest BCUT2D eigenvalue weighted by atomic mass is 9.34. The summed E-state index contributed by atoms with van der Waals surface area (Å²) in [5.41, 5.74) is 20.7. The van der Waals surface area contributed by atoms with Crippen LogP contribution in [0.4, 0.5) is 34.1 Å². The van der Waals surface area contributed by atoms with Gasteiger partial charge in [0, 0.05) is 78.8 Å². The topological polar surface area (TPSA) is 34.8 Å². The zero-order valence-electron chi connectivity index (χ0n) is 39.9. The molecule has 2 aromatic heterocycles. The summed E-state index contributed by atoms with van der Waals surface area (Å²) < 4.78 is 19.3. The van der Waals surface area contributed by atoms with E-state index in [1.165, 1.54) is 65.4 Å². The van der Waals surface area contributed by atoms with Crippen LogP contribution in [0.1, 0.15) is 0 Å². The molecule has 0 radical (unpaired) electrons. The van der Waals surface area contributed by atoms with Gasteiger partial charge in [-0.1, -0.05) is 146 Å². The Labute approximate surface area is 427 Å². The number of hydrogen-bond acceptors (Lipinski definition) is 4. The van der Waals surface area contributed by atoms with Gasteiger partial charge in [0.05, 0.1) is 22.4 Å². The van der Waals surface area contributed by atoms with E-state index in [0.29, 0.717) is 0 Å². The molecule has 4 aliphatic rings. The van der Waals surface area contributed by atoms with E-state index in [2.05, 4.69) is 262 Å². The summed E-state index contributed by atoms with van der Waals surface area (Å²) in [4.78, 5) is 4.70. The predicted molar refractivity (Wildman–Crippen MR) is 307 cm³/mol. The molecule has 4 aliphatic heterocycles. The van der Waals surface area contributed by atoms with Crippen LogP contribution in [0.25, 0.3) is 55.0 Å². The van der Waals surface area contributed by atoms with Crippen molar-refractivity contribution in [3.63, 3.8) is 0 Å². The number of rotatable bonds is 6. The van der Waals surface area contributed by atoms with Gasteiger partial charge in [-0.15, -0.1) is 0 Å². The summed E-state index contributed by atoms with van der Waals surface area (Å²) >= 11 is 0. The van der Waals surface area contributed by atoms with Gasteiger partial charge in [-0.2, -0.15) is 0 Å². The third-order valence-electron chi connectivity index (χ3n) is 16.1. The Morgan fingerprint density at radius 3 is 1.03 bits per heavy atom. The molecule has 0 fully saturated rings. The van der Waals surface area contributed by atoms with Crippen molar-refractivity contribution in [2.45, 2.75) is 0 Å². The van der Waals surface area contributed by atoms with Gasteiger partial charge in [-0.05, 0) is 118 Å². The quantitative estimate of drug-likeness (QED) is 0.156. The molecule has 0 saturated carbocycles. The number of anilines is 6. The molecule has 0 saturated heterocycles. The van der Waals surface area contributed by atoms with Crippen molar-refractivity contribution in [3.05, 3.63) is 243 Å². The molecule has 0 spiro atoms. The Morgan fingerprint density at radius 2 is 0.635 bits per heavy atom. The summed E-state index contributed by atoms with van der Waals surface area (Å²) in [6, 6.07) is 88.0. The highest BCUT2D eigenvalue weighted by Gasteiger charge is 2.43. The van der Waals surface area contributed by atoms with Gasteiger partial charge in [0.15, 0.2) is 0 Å². The first kappa shape index (κ1) is 40.0. The Bertz CT molecular complexity index is 4150. The summed E-state index contributed by atoms with van der Waals surface area (Å²) in [6.45, 7) is -0.0465. The molecular weight excluding hydrogens is 902 g/mol. The smallest absolute Gasteiger partial charge is 0.256 e. The third-order valence-corrected chi connectivity index (χ3v) is 16.1. The molecule has 8 heteroatoms. The van der Waals surface area contributed by atoms with E-state index in [1.807, 2.05) is 0 Å². The van der Waals surface area contributed by atoms with Crippen molar-refractivity contribution in [1.82, 2.24) is 9.13 Å². The van der Waals surface area contributed by atoms with E-state index in [1.54, 1.807) is 0 Å². The summed E-state index contributed by atoms with van der Waals surface area (Å²) in [5, 5.41) is 4.86. The summed E-state index contributed by atoms with van der Waals surface area (Å²) in [5.74, 6) is 3.53. The van der Waals surface area contributed by atoms with Crippen LogP contribution in [0.15, 0.2) is 243 Å². The molecular formula is C66H40B2N4O2. The molecule has 6 nitrogen and oxygen atoms in total. The lowest BCUT2D eigenvalue weighted by molar-refractivity contribution is 0.487. The van der Waals surface area contributed by atoms with Crippen LogP contribution in [0, 0.1) is 0 Å². The van der Waals surface area contributed by atoms with Crippen molar-refractivity contribution in [2.24, 2.45) is 0 Å². The van der Waals surface area contributed by atoms with Crippen molar-refractivity contribution in [1.29, 1.82) is 0 Å². The van der Waals surface area contributed by atoms with Crippen LogP contribution in [-0.4, -0.2) is 22.6 Å². The number of para-hydroxylation sites is 8. The first-order valence-corrected chi connectivity index (χ1v) is 25.5. The van der Waals surface area contributed by atoms with Crippen molar-refractivity contribution in [3.8, 4) is 34.4 Å². The summed E-state index contributed by atoms with van der Waals surface area (Å²) in [6.07, 6.45) is 0. The monoisotopic (exact) mass is 942 g/mol. The van der Waals surface area contributed by atoms with Gasteiger partial charge >= 0.3 is 0 Å². The number of ether oxygens (including phenoxy) is 2. The molecule has 0 atom stereocenters. The number of hydrogen-bond donors (Lipinski definition) is 0. The Hall–Kier alpha value is -9.65. The van der Waals surface area contributed by atoms with Gasteiger partial charge in [0.2, 0.25) is 0 Å². The second-order valence-corrected chi connectivity index (χ2v) is 20.0. The van der Waals surface area contributed by atoms with Crippen LogP contribution >= 0.6 is 0 Å². The van der Waals surface area contributed by atoms with E-state index in [4.69, 9.17) is 9.47 Å². The van der Waals surface area contributed by atoms with Gasteiger partial charge in [-0.3, -0.25) is 0 Å². The van der Waals surface area contributed by atoms with Gasteiger partial charge in [-0.25, -0.2) is 0 Å². The molecule has 0 amide bonds. The normalized spacial score (nSPS) is 13.0. The van der Waals surface area contributed by atoms with Crippen LogP contribution in [-0.2, 0) is 0 Å². The first-order valence-electron chi connectivity index (χ1n) is 25.5. The highest BCUT2D eigenvalue weighted by Crippen LogP contribution is 2.47. The number of nitrogens with zero attached hydrogens (tertiary/aromatic N) is 4. The van der Waals surface area contributed by atoms with E-state index >= 15 is 0 Å².